The lowest BCUT2D eigenvalue weighted by atomic mass is 9.90. The zero-order valence-electron chi connectivity index (χ0n) is 31.1. The second-order valence-corrected chi connectivity index (χ2v) is 14.9. The maximum absolute atomic E-state index is 6.77. The number of anilines is 6. The molecule has 0 aliphatic rings. The van der Waals surface area contributed by atoms with Crippen LogP contribution in [0.5, 0.6) is 0 Å². The first-order chi connectivity index (χ1) is 28.2. The highest BCUT2D eigenvalue weighted by Crippen LogP contribution is 2.52. The molecule has 2 heterocycles. The van der Waals surface area contributed by atoms with Gasteiger partial charge in [0.2, 0.25) is 0 Å². The van der Waals surface area contributed by atoms with Gasteiger partial charge in [0, 0.05) is 49.1 Å². The second kappa shape index (κ2) is 12.2. The predicted octanol–water partition coefficient (Wildman–Crippen LogP) is 15.6. The molecular formula is C53H34N2O2. The summed E-state index contributed by atoms with van der Waals surface area (Å²) in [4.78, 5) is 4.77. The van der Waals surface area contributed by atoms with Crippen LogP contribution in [0.3, 0.4) is 0 Å². The molecule has 0 unspecified atom stereocenters. The van der Waals surface area contributed by atoms with Gasteiger partial charge in [-0.25, -0.2) is 0 Å². The second-order valence-electron chi connectivity index (χ2n) is 14.9. The Labute approximate surface area is 328 Å². The van der Waals surface area contributed by atoms with Crippen molar-refractivity contribution in [1.82, 2.24) is 0 Å². The number of furan rings is 2. The highest BCUT2D eigenvalue weighted by molar-refractivity contribution is 6.29. The minimum absolute atomic E-state index is 0.845. The van der Waals surface area contributed by atoms with Gasteiger partial charge < -0.3 is 18.6 Å². The van der Waals surface area contributed by atoms with Crippen molar-refractivity contribution in [3.05, 3.63) is 194 Å². The van der Waals surface area contributed by atoms with E-state index >= 15 is 0 Å². The van der Waals surface area contributed by atoms with E-state index in [0.29, 0.717) is 0 Å². The van der Waals surface area contributed by atoms with E-state index in [1.54, 1.807) is 0 Å². The molecule has 268 valence electrons. The normalized spacial score (nSPS) is 11.9. The predicted molar refractivity (Wildman–Crippen MR) is 239 cm³/mol. The minimum atomic E-state index is 0.845. The summed E-state index contributed by atoms with van der Waals surface area (Å²) in [6.07, 6.45) is 0. The molecule has 0 spiro atoms. The van der Waals surface area contributed by atoms with Crippen molar-refractivity contribution in [3.63, 3.8) is 0 Å². The van der Waals surface area contributed by atoms with E-state index in [4.69, 9.17) is 8.83 Å². The van der Waals surface area contributed by atoms with Crippen LogP contribution in [-0.2, 0) is 0 Å². The van der Waals surface area contributed by atoms with Gasteiger partial charge in [-0.1, -0.05) is 133 Å². The van der Waals surface area contributed by atoms with Crippen LogP contribution >= 0.6 is 0 Å². The van der Waals surface area contributed by atoms with Gasteiger partial charge >= 0.3 is 0 Å². The van der Waals surface area contributed by atoms with Crippen molar-refractivity contribution >= 4 is 110 Å². The van der Waals surface area contributed by atoms with Gasteiger partial charge in [-0.15, -0.1) is 0 Å². The number of rotatable bonds is 6. The Hall–Kier alpha value is -7.56. The maximum atomic E-state index is 6.77. The smallest absolute Gasteiger partial charge is 0.159 e. The molecule has 0 aliphatic heterocycles. The maximum Gasteiger partial charge on any atom is 0.159 e. The molecule has 2 aromatic heterocycles. The molecule has 4 heteroatoms. The number of para-hydroxylation sites is 6. The fourth-order valence-electron chi connectivity index (χ4n) is 9.19. The van der Waals surface area contributed by atoms with E-state index in [9.17, 15) is 0 Å². The van der Waals surface area contributed by atoms with Crippen molar-refractivity contribution in [3.8, 4) is 0 Å². The van der Waals surface area contributed by atoms with Gasteiger partial charge in [0.15, 0.2) is 11.2 Å². The SMILES string of the molecule is Cc1cc2ccc3c(N(c4ccccc4)c4cccc5c4oc4ccccc45)cc(N(c4ccccc4)c4cccc5c4oc4ccccc45)c4ccc(c1)c2c34. The average molecular weight is 731 g/mol. The molecule has 0 radical (unpaired) electrons. The van der Waals surface area contributed by atoms with Crippen molar-refractivity contribution in [2.45, 2.75) is 6.92 Å². The summed E-state index contributed by atoms with van der Waals surface area (Å²) in [6, 6.07) is 67.1. The van der Waals surface area contributed by atoms with E-state index in [-0.39, 0.29) is 0 Å². The van der Waals surface area contributed by atoms with Crippen LogP contribution in [0, 0.1) is 6.92 Å². The molecule has 12 rings (SSSR count). The number of aryl methyl sites for hydroxylation is 1. The van der Waals surface area contributed by atoms with Gasteiger partial charge in [-0.2, -0.15) is 0 Å². The van der Waals surface area contributed by atoms with Crippen LogP contribution in [0.2, 0.25) is 0 Å². The minimum Gasteiger partial charge on any atom is -0.454 e. The quantitative estimate of drug-likeness (QED) is 0.160. The fraction of sp³-hybridized carbons (Fsp3) is 0.0189. The summed E-state index contributed by atoms with van der Waals surface area (Å²) in [6.45, 7) is 2.18. The number of hydrogen-bond acceptors (Lipinski definition) is 4. The molecule has 0 aliphatic carbocycles. The molecule has 0 bridgehead atoms. The molecule has 0 fully saturated rings. The highest BCUT2D eigenvalue weighted by atomic mass is 16.3. The largest absolute Gasteiger partial charge is 0.454 e. The molecule has 0 amide bonds. The van der Waals surface area contributed by atoms with E-state index in [0.717, 1.165) is 88.8 Å². The van der Waals surface area contributed by atoms with Crippen molar-refractivity contribution in [1.29, 1.82) is 0 Å². The number of nitrogens with zero attached hydrogens (tertiary/aromatic N) is 2. The Morgan fingerprint density at radius 2 is 0.772 bits per heavy atom. The highest BCUT2D eigenvalue weighted by Gasteiger charge is 2.27. The van der Waals surface area contributed by atoms with Crippen molar-refractivity contribution in [2.75, 3.05) is 9.80 Å². The Bertz CT molecular complexity index is 3270. The standard InChI is InChI=1S/C53H34N2O2/c1-33-30-34-26-28-42-46(54(36-14-4-2-5-15-36)44-22-12-20-40-38-18-8-10-24-48(38)56-52(40)44)32-47(43-29-27-35(31-33)50(34)51(42)43)55(37-16-6-3-7-17-37)45-23-13-21-41-39-19-9-11-25-49(39)57-53(41)45/h2-32H,1H3. The topological polar surface area (TPSA) is 32.8 Å². The van der Waals surface area contributed by atoms with Gasteiger partial charge in [-0.3, -0.25) is 0 Å². The zero-order chi connectivity index (χ0) is 37.6. The summed E-state index contributed by atoms with van der Waals surface area (Å²) < 4.78 is 13.5. The first-order valence-corrected chi connectivity index (χ1v) is 19.4. The molecule has 0 saturated heterocycles. The van der Waals surface area contributed by atoms with E-state index in [2.05, 4.69) is 193 Å². The van der Waals surface area contributed by atoms with Crippen LogP contribution in [0.15, 0.2) is 197 Å². The molecule has 0 atom stereocenters. The molecule has 4 nitrogen and oxygen atoms in total. The summed E-state index contributed by atoms with van der Waals surface area (Å²) in [5, 5.41) is 11.6. The number of benzene rings is 10. The number of hydrogen-bond donors (Lipinski definition) is 0. The third-order valence-electron chi connectivity index (χ3n) is 11.6. The van der Waals surface area contributed by atoms with Crippen LogP contribution in [-0.4, -0.2) is 0 Å². The molecule has 0 saturated carbocycles. The van der Waals surface area contributed by atoms with Gasteiger partial charge in [0.25, 0.3) is 0 Å². The fourth-order valence-corrected chi connectivity index (χ4v) is 9.19. The van der Waals surface area contributed by atoms with Crippen LogP contribution < -0.4 is 9.80 Å². The van der Waals surface area contributed by atoms with Crippen molar-refractivity contribution in [2.24, 2.45) is 0 Å². The first-order valence-electron chi connectivity index (χ1n) is 19.4. The van der Waals surface area contributed by atoms with E-state index in [1.165, 1.54) is 27.1 Å². The Kier molecular flexibility index (Phi) is 6.81. The van der Waals surface area contributed by atoms with Crippen LogP contribution in [0.25, 0.3) is 76.2 Å². The summed E-state index contributed by atoms with van der Waals surface area (Å²) in [7, 11) is 0. The van der Waals surface area contributed by atoms with Crippen LogP contribution in [0.4, 0.5) is 34.1 Å². The summed E-state index contributed by atoms with van der Waals surface area (Å²) in [5.41, 5.74) is 10.8. The van der Waals surface area contributed by atoms with E-state index in [1.807, 2.05) is 12.1 Å². The Morgan fingerprint density at radius 3 is 1.26 bits per heavy atom. The van der Waals surface area contributed by atoms with Gasteiger partial charge in [0.05, 0.1) is 22.7 Å². The lowest BCUT2D eigenvalue weighted by molar-refractivity contribution is 0.669. The molecule has 0 N–H and O–H groups in total. The van der Waals surface area contributed by atoms with E-state index < -0.39 is 0 Å². The average Bonchev–Trinajstić information content (AvgIpc) is 3.84. The zero-order valence-corrected chi connectivity index (χ0v) is 31.1. The Balaban J connectivity index is 1.25. The number of fused-ring (bicyclic) bond motifs is 6. The lowest BCUT2D eigenvalue weighted by Crippen LogP contribution is -2.15. The third-order valence-corrected chi connectivity index (χ3v) is 11.6. The van der Waals surface area contributed by atoms with Crippen molar-refractivity contribution < 1.29 is 8.83 Å². The molecular weight excluding hydrogens is 697 g/mol. The summed E-state index contributed by atoms with van der Waals surface area (Å²) >= 11 is 0. The molecule has 12 aromatic rings. The first kappa shape index (κ1) is 31.8. The van der Waals surface area contributed by atoms with Gasteiger partial charge in [-0.05, 0) is 83.2 Å². The third kappa shape index (κ3) is 4.74. The lowest BCUT2D eigenvalue weighted by Gasteiger charge is -2.32. The monoisotopic (exact) mass is 730 g/mol. The molecule has 10 aromatic carbocycles. The van der Waals surface area contributed by atoms with Gasteiger partial charge in [0.1, 0.15) is 11.2 Å². The molecule has 57 heavy (non-hydrogen) atoms. The van der Waals surface area contributed by atoms with Crippen LogP contribution in [0.1, 0.15) is 5.56 Å². The summed E-state index contributed by atoms with van der Waals surface area (Å²) in [5.74, 6) is 0. The Morgan fingerprint density at radius 1 is 0.333 bits per heavy atom.